The van der Waals surface area contributed by atoms with Crippen molar-refractivity contribution >= 4 is 21.8 Å². The number of ether oxygens (including phenoxy) is 1. The quantitative estimate of drug-likeness (QED) is 0.762. The Kier molecular flexibility index (Phi) is 6.66. The zero-order valence-electron chi connectivity index (χ0n) is 15.9. The number of anilines is 1. The standard InChI is InChI=1S/C20H25N3O4S/c1-2-27-20(24)21-18-8-10-19(11-9-18)28(25,26)23-14-12-22(13-15-23)16-17-6-4-3-5-7-17/h3-11H,2,12-16H2,1H3,(H,21,24)/p+1. The van der Waals surface area contributed by atoms with Gasteiger partial charge >= 0.3 is 6.09 Å². The van der Waals surface area contributed by atoms with Crippen LogP contribution in [0, 0.1) is 0 Å². The third-order valence-electron chi connectivity index (χ3n) is 4.74. The Morgan fingerprint density at radius 3 is 2.32 bits per heavy atom. The lowest BCUT2D eigenvalue weighted by Crippen LogP contribution is -3.13. The van der Waals surface area contributed by atoms with Crippen LogP contribution in [0.4, 0.5) is 10.5 Å². The minimum atomic E-state index is -3.54. The number of hydrogen-bond donors (Lipinski definition) is 2. The van der Waals surface area contributed by atoms with Gasteiger partial charge in [0.15, 0.2) is 0 Å². The number of benzene rings is 2. The second kappa shape index (κ2) is 9.18. The van der Waals surface area contributed by atoms with Crippen molar-refractivity contribution in [2.45, 2.75) is 18.4 Å². The first-order valence-electron chi connectivity index (χ1n) is 9.40. The van der Waals surface area contributed by atoms with E-state index < -0.39 is 16.1 Å². The summed E-state index contributed by atoms with van der Waals surface area (Å²) < 4.78 is 32.1. The fourth-order valence-electron chi connectivity index (χ4n) is 3.25. The minimum absolute atomic E-state index is 0.230. The maximum absolute atomic E-state index is 12.9. The van der Waals surface area contributed by atoms with Crippen LogP contribution in [0.15, 0.2) is 59.5 Å². The summed E-state index contributed by atoms with van der Waals surface area (Å²) in [5.74, 6) is 0. The Morgan fingerprint density at radius 1 is 1.07 bits per heavy atom. The van der Waals surface area contributed by atoms with Gasteiger partial charge in [0.25, 0.3) is 0 Å². The molecule has 0 bridgehead atoms. The number of nitrogens with zero attached hydrogens (tertiary/aromatic N) is 1. The van der Waals surface area contributed by atoms with Crippen LogP contribution in [-0.2, 0) is 21.3 Å². The lowest BCUT2D eigenvalue weighted by Gasteiger charge is -2.31. The molecule has 8 heteroatoms. The molecular formula is C20H26N3O4S+. The fourth-order valence-corrected chi connectivity index (χ4v) is 4.69. The summed E-state index contributed by atoms with van der Waals surface area (Å²) >= 11 is 0. The average Bonchev–Trinajstić information content (AvgIpc) is 2.70. The first-order chi connectivity index (χ1) is 13.5. The number of amides is 1. The van der Waals surface area contributed by atoms with E-state index >= 15 is 0 Å². The molecule has 0 aromatic heterocycles. The van der Waals surface area contributed by atoms with Gasteiger partial charge in [0.1, 0.15) is 6.54 Å². The van der Waals surface area contributed by atoms with Crippen molar-refractivity contribution < 1.29 is 22.8 Å². The van der Waals surface area contributed by atoms with E-state index in [9.17, 15) is 13.2 Å². The predicted octanol–water partition coefficient (Wildman–Crippen LogP) is 1.34. The molecule has 28 heavy (non-hydrogen) atoms. The molecule has 1 aliphatic rings. The Morgan fingerprint density at radius 2 is 1.71 bits per heavy atom. The number of carbonyl (C=O) groups excluding carboxylic acids is 1. The fraction of sp³-hybridized carbons (Fsp3) is 0.350. The summed E-state index contributed by atoms with van der Waals surface area (Å²) in [6.45, 7) is 5.43. The van der Waals surface area contributed by atoms with Gasteiger partial charge in [-0.1, -0.05) is 30.3 Å². The number of piperazine rings is 1. The van der Waals surface area contributed by atoms with E-state index in [1.165, 1.54) is 26.9 Å². The molecule has 0 aliphatic carbocycles. The molecule has 3 rings (SSSR count). The van der Waals surface area contributed by atoms with Crippen LogP contribution in [0.2, 0.25) is 0 Å². The van der Waals surface area contributed by atoms with E-state index in [-0.39, 0.29) is 11.5 Å². The smallest absolute Gasteiger partial charge is 0.411 e. The van der Waals surface area contributed by atoms with E-state index in [1.807, 2.05) is 18.2 Å². The van der Waals surface area contributed by atoms with Crippen LogP contribution >= 0.6 is 0 Å². The minimum Gasteiger partial charge on any atom is -0.450 e. The molecule has 7 nitrogen and oxygen atoms in total. The van der Waals surface area contributed by atoms with Crippen molar-refractivity contribution in [3.8, 4) is 0 Å². The van der Waals surface area contributed by atoms with Crippen molar-refractivity contribution in [3.05, 3.63) is 60.2 Å². The van der Waals surface area contributed by atoms with Gasteiger partial charge in [0, 0.05) is 11.3 Å². The van der Waals surface area contributed by atoms with Crippen LogP contribution < -0.4 is 10.2 Å². The Labute approximate surface area is 166 Å². The zero-order chi connectivity index (χ0) is 20.0. The molecule has 0 radical (unpaired) electrons. The lowest BCUT2D eigenvalue weighted by atomic mass is 10.2. The highest BCUT2D eigenvalue weighted by Crippen LogP contribution is 2.18. The number of carbonyl (C=O) groups is 1. The van der Waals surface area contributed by atoms with Gasteiger partial charge in [-0.15, -0.1) is 0 Å². The average molecular weight is 405 g/mol. The molecule has 1 heterocycles. The van der Waals surface area contributed by atoms with E-state index in [0.29, 0.717) is 18.8 Å². The second-order valence-corrected chi connectivity index (χ2v) is 8.62. The first-order valence-corrected chi connectivity index (χ1v) is 10.8. The summed E-state index contributed by atoms with van der Waals surface area (Å²) in [5.41, 5.74) is 1.76. The maximum atomic E-state index is 12.9. The predicted molar refractivity (Wildman–Crippen MR) is 107 cm³/mol. The molecule has 1 fully saturated rings. The van der Waals surface area contributed by atoms with Gasteiger partial charge in [0.05, 0.1) is 37.7 Å². The van der Waals surface area contributed by atoms with E-state index in [4.69, 9.17) is 4.74 Å². The third kappa shape index (κ3) is 5.09. The first kappa shape index (κ1) is 20.3. The van der Waals surface area contributed by atoms with E-state index in [1.54, 1.807) is 19.1 Å². The van der Waals surface area contributed by atoms with Crippen LogP contribution in [0.1, 0.15) is 12.5 Å². The second-order valence-electron chi connectivity index (χ2n) is 6.69. The molecule has 150 valence electrons. The molecule has 1 aliphatic heterocycles. The van der Waals surface area contributed by atoms with Gasteiger partial charge in [-0.2, -0.15) is 4.31 Å². The number of sulfonamides is 1. The number of rotatable bonds is 6. The van der Waals surface area contributed by atoms with E-state index in [0.717, 1.165) is 19.6 Å². The molecular weight excluding hydrogens is 378 g/mol. The Balaban J connectivity index is 1.58. The highest BCUT2D eigenvalue weighted by Gasteiger charge is 2.30. The van der Waals surface area contributed by atoms with Crippen LogP contribution in [-0.4, -0.2) is 51.6 Å². The van der Waals surface area contributed by atoms with Crippen LogP contribution in [0.25, 0.3) is 0 Å². The number of quaternary nitrogens is 1. The molecule has 0 spiro atoms. The van der Waals surface area contributed by atoms with Crippen molar-refractivity contribution in [1.82, 2.24) is 4.31 Å². The summed E-state index contributed by atoms with van der Waals surface area (Å²) in [7, 11) is -3.54. The van der Waals surface area contributed by atoms with Crippen molar-refractivity contribution in [2.75, 3.05) is 38.1 Å². The number of hydrogen-bond acceptors (Lipinski definition) is 4. The van der Waals surface area contributed by atoms with E-state index in [2.05, 4.69) is 17.4 Å². The zero-order valence-corrected chi connectivity index (χ0v) is 16.7. The Hall–Kier alpha value is -2.42. The lowest BCUT2D eigenvalue weighted by molar-refractivity contribution is -0.917. The normalized spacial score (nSPS) is 15.9. The van der Waals surface area contributed by atoms with Crippen molar-refractivity contribution in [1.29, 1.82) is 0 Å². The maximum Gasteiger partial charge on any atom is 0.411 e. The van der Waals surface area contributed by atoms with Crippen LogP contribution in [0.5, 0.6) is 0 Å². The van der Waals surface area contributed by atoms with Gasteiger partial charge in [-0.05, 0) is 31.2 Å². The van der Waals surface area contributed by atoms with Gasteiger partial charge < -0.3 is 9.64 Å². The number of nitrogens with one attached hydrogen (secondary N) is 2. The molecule has 0 saturated carbocycles. The molecule has 2 aromatic rings. The molecule has 2 N–H and O–H groups in total. The largest absolute Gasteiger partial charge is 0.450 e. The topological polar surface area (TPSA) is 80.1 Å². The van der Waals surface area contributed by atoms with Crippen LogP contribution in [0.3, 0.4) is 0 Å². The van der Waals surface area contributed by atoms with Crippen molar-refractivity contribution in [2.24, 2.45) is 0 Å². The van der Waals surface area contributed by atoms with Crippen molar-refractivity contribution in [3.63, 3.8) is 0 Å². The summed E-state index contributed by atoms with van der Waals surface area (Å²) in [6.07, 6.45) is -0.560. The molecule has 1 saturated heterocycles. The molecule has 2 aromatic carbocycles. The molecule has 0 unspecified atom stereocenters. The highest BCUT2D eigenvalue weighted by atomic mass is 32.2. The van der Waals surface area contributed by atoms with Gasteiger partial charge in [0.2, 0.25) is 10.0 Å². The summed E-state index contributed by atoms with van der Waals surface area (Å²) in [5, 5.41) is 2.56. The Bertz CT molecular complexity index is 877. The monoisotopic (exact) mass is 404 g/mol. The van der Waals surface area contributed by atoms with Gasteiger partial charge in [-0.3, -0.25) is 5.32 Å². The van der Waals surface area contributed by atoms with Gasteiger partial charge in [-0.25, -0.2) is 13.2 Å². The molecule has 1 amide bonds. The third-order valence-corrected chi connectivity index (χ3v) is 6.65. The SMILES string of the molecule is CCOC(=O)Nc1ccc(S(=O)(=O)N2CC[NH+](Cc3ccccc3)CC2)cc1. The summed E-state index contributed by atoms with van der Waals surface area (Å²) in [4.78, 5) is 13.1. The summed E-state index contributed by atoms with van der Waals surface area (Å²) in [6, 6.07) is 16.4. The molecule has 0 atom stereocenters. The highest BCUT2D eigenvalue weighted by molar-refractivity contribution is 7.89.